The van der Waals surface area contributed by atoms with Gasteiger partial charge in [-0.05, 0) is 36.0 Å². The van der Waals surface area contributed by atoms with Gasteiger partial charge in [0, 0.05) is 13.1 Å². The topological polar surface area (TPSA) is 12.0 Å². The fourth-order valence-corrected chi connectivity index (χ4v) is 1.55. The molecule has 1 saturated carbocycles. The van der Waals surface area contributed by atoms with Gasteiger partial charge in [-0.25, -0.2) is 4.39 Å². The molecule has 0 atom stereocenters. The standard InChI is InChI=1S/C12H16FN/c1-12(5-6-12)9-14-8-10-3-2-4-11(13)7-10/h2-4,7,14H,5-6,8-9H2,1H3. The molecule has 1 aromatic carbocycles. The monoisotopic (exact) mass is 193 g/mol. The fourth-order valence-electron chi connectivity index (χ4n) is 1.55. The van der Waals surface area contributed by atoms with E-state index >= 15 is 0 Å². The first kappa shape index (κ1) is 9.66. The maximum absolute atomic E-state index is 12.8. The molecule has 1 aliphatic rings. The van der Waals surface area contributed by atoms with Crippen molar-refractivity contribution in [2.24, 2.45) is 5.41 Å². The van der Waals surface area contributed by atoms with Crippen molar-refractivity contribution in [3.05, 3.63) is 35.6 Å². The normalized spacial score (nSPS) is 18.1. The van der Waals surface area contributed by atoms with Crippen LogP contribution in [0.5, 0.6) is 0 Å². The van der Waals surface area contributed by atoms with Crippen LogP contribution in [0, 0.1) is 11.2 Å². The zero-order valence-electron chi connectivity index (χ0n) is 8.52. The lowest BCUT2D eigenvalue weighted by Gasteiger charge is -2.09. The maximum Gasteiger partial charge on any atom is 0.123 e. The Balaban J connectivity index is 1.80. The van der Waals surface area contributed by atoms with Gasteiger partial charge in [-0.3, -0.25) is 0 Å². The predicted molar refractivity (Wildman–Crippen MR) is 55.4 cm³/mol. The highest BCUT2D eigenvalue weighted by Gasteiger charge is 2.36. The lowest BCUT2D eigenvalue weighted by Crippen LogP contribution is -2.21. The van der Waals surface area contributed by atoms with Gasteiger partial charge in [-0.15, -0.1) is 0 Å². The van der Waals surface area contributed by atoms with Crippen LogP contribution in [0.1, 0.15) is 25.3 Å². The Morgan fingerprint density at radius 2 is 2.21 bits per heavy atom. The lowest BCUT2D eigenvalue weighted by atomic mass is 10.1. The number of hydrogen-bond donors (Lipinski definition) is 1. The van der Waals surface area contributed by atoms with Crippen molar-refractivity contribution in [3.63, 3.8) is 0 Å². The minimum absolute atomic E-state index is 0.151. The third kappa shape index (κ3) is 2.55. The summed E-state index contributed by atoms with van der Waals surface area (Å²) in [6.45, 7) is 4.10. The molecule has 14 heavy (non-hydrogen) atoms. The van der Waals surface area contributed by atoms with Crippen LogP contribution in [0.2, 0.25) is 0 Å². The van der Waals surface area contributed by atoms with Crippen molar-refractivity contribution in [1.82, 2.24) is 5.32 Å². The molecular formula is C12H16FN. The van der Waals surface area contributed by atoms with Gasteiger partial charge in [0.05, 0.1) is 0 Å². The number of hydrogen-bond acceptors (Lipinski definition) is 1. The van der Waals surface area contributed by atoms with Gasteiger partial charge in [-0.2, -0.15) is 0 Å². The Hall–Kier alpha value is -0.890. The minimum atomic E-state index is -0.151. The van der Waals surface area contributed by atoms with Gasteiger partial charge in [0.25, 0.3) is 0 Å². The molecule has 1 fully saturated rings. The Morgan fingerprint density at radius 1 is 1.43 bits per heavy atom. The highest BCUT2D eigenvalue weighted by Crippen LogP contribution is 2.44. The van der Waals surface area contributed by atoms with E-state index in [2.05, 4.69) is 12.2 Å². The second kappa shape index (κ2) is 3.70. The largest absolute Gasteiger partial charge is 0.312 e. The lowest BCUT2D eigenvalue weighted by molar-refractivity contribution is 0.498. The maximum atomic E-state index is 12.8. The van der Waals surface area contributed by atoms with E-state index in [4.69, 9.17) is 0 Å². The van der Waals surface area contributed by atoms with Gasteiger partial charge in [-0.1, -0.05) is 19.1 Å². The molecule has 2 heteroatoms. The quantitative estimate of drug-likeness (QED) is 0.775. The zero-order chi connectivity index (χ0) is 10.0. The van der Waals surface area contributed by atoms with Crippen LogP contribution in [0.25, 0.3) is 0 Å². The van der Waals surface area contributed by atoms with Gasteiger partial charge in [0.15, 0.2) is 0 Å². The summed E-state index contributed by atoms with van der Waals surface area (Å²) >= 11 is 0. The molecule has 0 unspecified atom stereocenters. The van der Waals surface area contributed by atoms with E-state index in [-0.39, 0.29) is 5.82 Å². The predicted octanol–water partition coefficient (Wildman–Crippen LogP) is 2.72. The van der Waals surface area contributed by atoms with Crippen LogP contribution in [0.4, 0.5) is 4.39 Å². The summed E-state index contributed by atoms with van der Waals surface area (Å²) in [4.78, 5) is 0. The first-order valence-electron chi connectivity index (χ1n) is 5.13. The average molecular weight is 193 g/mol. The molecule has 0 heterocycles. The van der Waals surface area contributed by atoms with E-state index in [1.807, 2.05) is 6.07 Å². The van der Waals surface area contributed by atoms with Gasteiger partial charge >= 0.3 is 0 Å². The molecule has 0 bridgehead atoms. The van der Waals surface area contributed by atoms with E-state index in [0.29, 0.717) is 5.41 Å². The van der Waals surface area contributed by atoms with Crippen LogP contribution in [0.3, 0.4) is 0 Å². The van der Waals surface area contributed by atoms with Crippen molar-refractivity contribution in [2.45, 2.75) is 26.3 Å². The summed E-state index contributed by atoms with van der Waals surface area (Å²) in [6.07, 6.45) is 2.65. The van der Waals surface area contributed by atoms with E-state index in [1.165, 1.54) is 18.9 Å². The van der Waals surface area contributed by atoms with E-state index in [0.717, 1.165) is 18.7 Å². The molecule has 76 valence electrons. The van der Waals surface area contributed by atoms with Crippen molar-refractivity contribution in [3.8, 4) is 0 Å². The van der Waals surface area contributed by atoms with Crippen LogP contribution in [-0.2, 0) is 6.54 Å². The number of rotatable bonds is 4. The molecule has 0 aliphatic heterocycles. The summed E-state index contributed by atoms with van der Waals surface area (Å²) in [5.41, 5.74) is 1.54. The Bertz CT molecular complexity index is 318. The summed E-state index contributed by atoms with van der Waals surface area (Å²) in [7, 11) is 0. The van der Waals surface area contributed by atoms with Crippen LogP contribution in [0.15, 0.2) is 24.3 Å². The van der Waals surface area contributed by atoms with E-state index in [1.54, 1.807) is 12.1 Å². The molecule has 1 N–H and O–H groups in total. The van der Waals surface area contributed by atoms with Crippen molar-refractivity contribution in [1.29, 1.82) is 0 Å². The Kier molecular flexibility index (Phi) is 2.55. The summed E-state index contributed by atoms with van der Waals surface area (Å²) in [5, 5.41) is 3.36. The van der Waals surface area contributed by atoms with Crippen LogP contribution < -0.4 is 5.32 Å². The van der Waals surface area contributed by atoms with Gasteiger partial charge in [0.2, 0.25) is 0 Å². The molecule has 1 aromatic rings. The number of halogens is 1. The molecule has 0 saturated heterocycles. The van der Waals surface area contributed by atoms with Crippen molar-refractivity contribution in [2.75, 3.05) is 6.54 Å². The number of nitrogens with one attached hydrogen (secondary N) is 1. The molecule has 0 amide bonds. The average Bonchev–Trinajstić information content (AvgIpc) is 2.84. The summed E-state index contributed by atoms with van der Waals surface area (Å²) < 4.78 is 12.8. The molecule has 0 spiro atoms. The van der Waals surface area contributed by atoms with Crippen LogP contribution >= 0.6 is 0 Å². The highest BCUT2D eigenvalue weighted by molar-refractivity contribution is 5.16. The second-order valence-corrected chi connectivity index (χ2v) is 4.54. The number of benzene rings is 1. The smallest absolute Gasteiger partial charge is 0.123 e. The third-order valence-electron chi connectivity index (χ3n) is 2.87. The summed E-state index contributed by atoms with van der Waals surface area (Å²) in [6, 6.07) is 6.77. The van der Waals surface area contributed by atoms with Gasteiger partial charge in [0.1, 0.15) is 5.82 Å². The van der Waals surface area contributed by atoms with Crippen molar-refractivity contribution < 1.29 is 4.39 Å². The molecular weight excluding hydrogens is 177 g/mol. The minimum Gasteiger partial charge on any atom is -0.312 e. The molecule has 1 aliphatic carbocycles. The molecule has 0 radical (unpaired) electrons. The molecule has 0 aromatic heterocycles. The fraction of sp³-hybridized carbons (Fsp3) is 0.500. The van der Waals surface area contributed by atoms with E-state index < -0.39 is 0 Å². The highest BCUT2D eigenvalue weighted by atomic mass is 19.1. The Morgan fingerprint density at radius 3 is 2.86 bits per heavy atom. The first-order valence-corrected chi connectivity index (χ1v) is 5.13. The van der Waals surface area contributed by atoms with Crippen molar-refractivity contribution >= 4 is 0 Å². The molecule has 1 nitrogen and oxygen atoms in total. The zero-order valence-corrected chi connectivity index (χ0v) is 8.52. The SMILES string of the molecule is CC1(CNCc2cccc(F)c2)CC1. The van der Waals surface area contributed by atoms with Crippen LogP contribution in [-0.4, -0.2) is 6.54 Å². The Labute approximate surface area is 84.3 Å². The first-order chi connectivity index (χ1) is 6.68. The molecule has 2 rings (SSSR count). The van der Waals surface area contributed by atoms with E-state index in [9.17, 15) is 4.39 Å². The van der Waals surface area contributed by atoms with Gasteiger partial charge < -0.3 is 5.32 Å². The summed E-state index contributed by atoms with van der Waals surface area (Å²) in [5.74, 6) is -0.151. The second-order valence-electron chi connectivity index (χ2n) is 4.54. The third-order valence-corrected chi connectivity index (χ3v) is 2.87.